The van der Waals surface area contributed by atoms with Crippen molar-refractivity contribution in [2.45, 2.75) is 20.8 Å². The zero-order valence-electron chi connectivity index (χ0n) is 11.4. The first-order valence-corrected chi connectivity index (χ1v) is 7.05. The van der Waals surface area contributed by atoms with Crippen LogP contribution in [0.3, 0.4) is 0 Å². The van der Waals surface area contributed by atoms with Gasteiger partial charge in [0.2, 0.25) is 0 Å². The van der Waals surface area contributed by atoms with Gasteiger partial charge >= 0.3 is 0 Å². The largest absolute Gasteiger partial charge is 0.322 e. The number of hydrogen-bond acceptors (Lipinski definition) is 2. The zero-order valence-corrected chi connectivity index (χ0v) is 13.6. The van der Waals surface area contributed by atoms with Crippen LogP contribution in [0.15, 0.2) is 18.2 Å². The number of halogens is 1. The molecule has 1 aromatic carbocycles. The van der Waals surface area contributed by atoms with Gasteiger partial charge in [0.15, 0.2) is 0 Å². The van der Waals surface area contributed by atoms with E-state index in [2.05, 4.69) is 33.0 Å². The van der Waals surface area contributed by atoms with Crippen molar-refractivity contribution in [2.75, 3.05) is 5.32 Å². The van der Waals surface area contributed by atoms with E-state index < -0.39 is 0 Å². The number of benzene rings is 1. The summed E-state index contributed by atoms with van der Waals surface area (Å²) in [4.78, 5) is 12.3. The van der Waals surface area contributed by atoms with E-state index in [4.69, 9.17) is 0 Å². The Labute approximate surface area is 126 Å². The van der Waals surface area contributed by atoms with Gasteiger partial charge in [-0.1, -0.05) is 6.07 Å². The summed E-state index contributed by atoms with van der Waals surface area (Å²) in [6.45, 7) is 5.79. The maximum atomic E-state index is 12.3. The van der Waals surface area contributed by atoms with E-state index in [1.807, 2.05) is 46.0 Å². The minimum atomic E-state index is -0.109. The third-order valence-corrected chi connectivity index (χ3v) is 4.33. The minimum Gasteiger partial charge on any atom is -0.322 e. The number of carbonyl (C=O) groups is 1. The van der Waals surface area contributed by atoms with Gasteiger partial charge < -0.3 is 5.32 Å². The third kappa shape index (κ3) is 2.80. The van der Waals surface area contributed by atoms with E-state index in [0.717, 1.165) is 20.6 Å². The van der Waals surface area contributed by atoms with E-state index >= 15 is 0 Å². The highest BCUT2D eigenvalue weighted by Gasteiger charge is 2.17. The van der Waals surface area contributed by atoms with Crippen molar-refractivity contribution in [3.05, 3.63) is 44.3 Å². The van der Waals surface area contributed by atoms with Crippen molar-refractivity contribution in [1.29, 1.82) is 0 Å². The topological polar surface area (TPSA) is 46.9 Å². The van der Waals surface area contributed by atoms with Crippen molar-refractivity contribution in [3.63, 3.8) is 0 Å². The molecule has 0 saturated carbocycles. The predicted molar refractivity (Wildman–Crippen MR) is 84.5 cm³/mol. The van der Waals surface area contributed by atoms with Gasteiger partial charge in [0, 0.05) is 22.0 Å². The highest BCUT2D eigenvalue weighted by Crippen LogP contribution is 2.19. The summed E-state index contributed by atoms with van der Waals surface area (Å²) in [6, 6.07) is 5.88. The Balaban J connectivity index is 2.28. The average Bonchev–Trinajstić information content (AvgIpc) is 2.58. The Hall–Kier alpha value is -1.37. The van der Waals surface area contributed by atoms with Gasteiger partial charge in [-0.2, -0.15) is 5.10 Å². The molecule has 0 atom stereocenters. The molecule has 2 aromatic rings. The van der Waals surface area contributed by atoms with Crippen molar-refractivity contribution in [2.24, 2.45) is 7.05 Å². The van der Waals surface area contributed by atoms with Crippen LogP contribution >= 0.6 is 22.6 Å². The van der Waals surface area contributed by atoms with E-state index in [9.17, 15) is 4.79 Å². The van der Waals surface area contributed by atoms with Crippen LogP contribution in [0, 0.1) is 24.3 Å². The molecule has 0 aliphatic carbocycles. The molecule has 0 unspecified atom stereocenters. The first kappa shape index (κ1) is 14.0. The lowest BCUT2D eigenvalue weighted by molar-refractivity contribution is 0.102. The molecule has 1 aromatic heterocycles. The normalized spacial score (nSPS) is 10.6. The number of nitrogens with zero attached hydrogens (tertiary/aromatic N) is 2. The van der Waals surface area contributed by atoms with E-state index in [1.165, 1.54) is 5.56 Å². The van der Waals surface area contributed by atoms with Gasteiger partial charge in [-0.05, 0) is 61.1 Å². The van der Waals surface area contributed by atoms with Crippen LogP contribution in [0.5, 0.6) is 0 Å². The molecule has 100 valence electrons. The second kappa shape index (κ2) is 5.32. The maximum absolute atomic E-state index is 12.3. The standard InChI is InChI=1S/C14H16IN3O/c1-8-5-6-11(7-12(8)15)16-14(19)13-9(2)17-18(4)10(13)3/h5-7H,1-4H3,(H,16,19). The molecular formula is C14H16IN3O. The number of nitrogens with one attached hydrogen (secondary N) is 1. The first-order valence-electron chi connectivity index (χ1n) is 5.98. The number of hydrogen-bond donors (Lipinski definition) is 1. The molecule has 0 aliphatic rings. The summed E-state index contributed by atoms with van der Waals surface area (Å²) in [5.74, 6) is -0.109. The fraction of sp³-hybridized carbons (Fsp3) is 0.286. The molecule has 19 heavy (non-hydrogen) atoms. The van der Waals surface area contributed by atoms with Crippen LogP contribution in [-0.2, 0) is 7.05 Å². The fourth-order valence-corrected chi connectivity index (χ4v) is 2.48. The van der Waals surface area contributed by atoms with Gasteiger partial charge in [-0.15, -0.1) is 0 Å². The lowest BCUT2D eigenvalue weighted by Gasteiger charge is -2.07. The Kier molecular flexibility index (Phi) is 3.93. The molecule has 0 fully saturated rings. The molecule has 1 heterocycles. The van der Waals surface area contributed by atoms with Crippen molar-refractivity contribution < 1.29 is 4.79 Å². The number of carbonyl (C=O) groups excluding carboxylic acids is 1. The first-order chi connectivity index (χ1) is 8.90. The summed E-state index contributed by atoms with van der Waals surface area (Å²) >= 11 is 2.26. The second-order valence-corrected chi connectivity index (χ2v) is 5.75. The molecule has 0 aliphatic heterocycles. The number of anilines is 1. The number of aryl methyl sites for hydroxylation is 3. The van der Waals surface area contributed by atoms with E-state index in [-0.39, 0.29) is 5.91 Å². The van der Waals surface area contributed by atoms with Crippen molar-refractivity contribution >= 4 is 34.2 Å². The average molecular weight is 369 g/mol. The lowest BCUT2D eigenvalue weighted by Crippen LogP contribution is -2.14. The van der Waals surface area contributed by atoms with Crippen LogP contribution < -0.4 is 5.32 Å². The lowest BCUT2D eigenvalue weighted by atomic mass is 10.1. The monoisotopic (exact) mass is 369 g/mol. The van der Waals surface area contributed by atoms with Crippen molar-refractivity contribution in [1.82, 2.24) is 9.78 Å². The van der Waals surface area contributed by atoms with Gasteiger partial charge in [0.1, 0.15) is 0 Å². The van der Waals surface area contributed by atoms with Crippen LogP contribution in [-0.4, -0.2) is 15.7 Å². The van der Waals surface area contributed by atoms with Gasteiger partial charge in [-0.3, -0.25) is 9.48 Å². The Morgan fingerprint density at radius 1 is 1.32 bits per heavy atom. The van der Waals surface area contributed by atoms with Crippen LogP contribution in [0.25, 0.3) is 0 Å². The summed E-state index contributed by atoms with van der Waals surface area (Å²) < 4.78 is 2.86. The van der Waals surface area contributed by atoms with Crippen LogP contribution in [0.1, 0.15) is 27.3 Å². The summed E-state index contributed by atoms with van der Waals surface area (Å²) in [5.41, 5.74) is 4.28. The van der Waals surface area contributed by atoms with Crippen molar-refractivity contribution in [3.8, 4) is 0 Å². The highest BCUT2D eigenvalue weighted by atomic mass is 127. The second-order valence-electron chi connectivity index (χ2n) is 4.59. The van der Waals surface area contributed by atoms with Crippen LogP contribution in [0.2, 0.25) is 0 Å². The Bertz CT molecular complexity index is 646. The van der Waals surface area contributed by atoms with Gasteiger partial charge in [0.05, 0.1) is 11.3 Å². The molecule has 4 nitrogen and oxygen atoms in total. The highest BCUT2D eigenvalue weighted by molar-refractivity contribution is 14.1. The summed E-state index contributed by atoms with van der Waals surface area (Å²) in [5, 5.41) is 7.18. The SMILES string of the molecule is Cc1ccc(NC(=O)c2c(C)nn(C)c2C)cc1I. The molecule has 0 spiro atoms. The number of aromatic nitrogens is 2. The molecule has 1 amide bonds. The molecular weight excluding hydrogens is 353 g/mol. The molecule has 0 bridgehead atoms. The molecule has 2 rings (SSSR count). The van der Waals surface area contributed by atoms with Gasteiger partial charge in [0.25, 0.3) is 5.91 Å². The van der Waals surface area contributed by atoms with Crippen LogP contribution in [0.4, 0.5) is 5.69 Å². The predicted octanol–water partition coefficient (Wildman–Crippen LogP) is 3.20. The zero-order chi connectivity index (χ0) is 14.2. The number of amides is 1. The maximum Gasteiger partial charge on any atom is 0.259 e. The smallest absolute Gasteiger partial charge is 0.259 e. The Morgan fingerprint density at radius 3 is 2.53 bits per heavy atom. The third-order valence-electron chi connectivity index (χ3n) is 3.17. The van der Waals surface area contributed by atoms with E-state index in [0.29, 0.717) is 5.56 Å². The summed E-state index contributed by atoms with van der Waals surface area (Å²) in [7, 11) is 1.84. The molecule has 0 saturated heterocycles. The molecule has 1 N–H and O–H groups in total. The molecule has 0 radical (unpaired) electrons. The fourth-order valence-electron chi connectivity index (χ4n) is 1.97. The Morgan fingerprint density at radius 2 is 2.00 bits per heavy atom. The summed E-state index contributed by atoms with van der Waals surface area (Å²) in [6.07, 6.45) is 0. The van der Waals surface area contributed by atoms with Gasteiger partial charge in [-0.25, -0.2) is 0 Å². The quantitative estimate of drug-likeness (QED) is 0.827. The minimum absolute atomic E-state index is 0.109. The van der Waals surface area contributed by atoms with E-state index in [1.54, 1.807) is 4.68 Å². The number of rotatable bonds is 2. The molecule has 5 heteroatoms.